The quantitative estimate of drug-likeness (QED) is 0.640. The number of carbonyl (C=O) groups is 1. The van der Waals surface area contributed by atoms with Crippen LogP contribution in [0, 0.1) is 0 Å². The molecule has 1 unspecified atom stereocenters. The lowest BCUT2D eigenvalue weighted by Crippen LogP contribution is -2.16. The second kappa shape index (κ2) is 2.83. The van der Waals surface area contributed by atoms with Crippen molar-refractivity contribution in [1.82, 2.24) is 0 Å². The van der Waals surface area contributed by atoms with Crippen molar-refractivity contribution in [2.45, 2.75) is 12.8 Å². The third-order valence-corrected chi connectivity index (χ3v) is 2.89. The number of fused-ring (bicyclic) bond motifs is 3. The van der Waals surface area contributed by atoms with Crippen molar-refractivity contribution in [2.24, 2.45) is 0 Å². The topological polar surface area (TPSA) is 26.3 Å². The molecular weight excluding hydrogens is 188 g/mol. The van der Waals surface area contributed by atoms with E-state index in [1.807, 2.05) is 43.3 Å². The Labute approximate surface area is 87.9 Å². The van der Waals surface area contributed by atoms with Crippen LogP contribution >= 0.6 is 0 Å². The van der Waals surface area contributed by atoms with Crippen molar-refractivity contribution >= 4 is 5.78 Å². The van der Waals surface area contributed by atoms with Crippen molar-refractivity contribution in [3.8, 4) is 5.75 Å². The fourth-order valence-electron chi connectivity index (χ4n) is 2.07. The zero-order chi connectivity index (χ0) is 10.4. The molecular formula is C13H10O2. The van der Waals surface area contributed by atoms with Gasteiger partial charge in [-0.2, -0.15) is 0 Å². The van der Waals surface area contributed by atoms with Crippen LogP contribution in [0.15, 0.2) is 47.7 Å². The van der Waals surface area contributed by atoms with Gasteiger partial charge in [0.25, 0.3) is 0 Å². The molecule has 1 aliphatic heterocycles. The van der Waals surface area contributed by atoms with Crippen molar-refractivity contribution in [3.63, 3.8) is 0 Å². The Morgan fingerprint density at radius 2 is 2.00 bits per heavy atom. The van der Waals surface area contributed by atoms with Crippen LogP contribution in [-0.4, -0.2) is 5.78 Å². The number of ether oxygens (including phenoxy) is 1. The highest BCUT2D eigenvalue weighted by atomic mass is 16.5. The van der Waals surface area contributed by atoms with Gasteiger partial charge in [-0.3, -0.25) is 4.79 Å². The Morgan fingerprint density at radius 1 is 1.20 bits per heavy atom. The lowest BCUT2D eigenvalue weighted by atomic mass is 9.87. The van der Waals surface area contributed by atoms with E-state index in [-0.39, 0.29) is 11.7 Å². The molecule has 0 aromatic heterocycles. The first kappa shape index (κ1) is 8.48. The summed E-state index contributed by atoms with van der Waals surface area (Å²) in [6.07, 6.45) is 3.71. The molecule has 1 aromatic carbocycles. The monoisotopic (exact) mass is 198 g/mol. The SMILES string of the molecule is CC1=CC=C2Oc3ccccc3C2C1=O. The summed E-state index contributed by atoms with van der Waals surface area (Å²) in [5.74, 6) is 1.51. The number of carbonyl (C=O) groups excluding carboxylic acids is 1. The number of ketones is 1. The van der Waals surface area contributed by atoms with Gasteiger partial charge in [0.2, 0.25) is 0 Å². The number of hydrogen-bond donors (Lipinski definition) is 0. The van der Waals surface area contributed by atoms with Crippen LogP contribution in [0.2, 0.25) is 0 Å². The number of Topliss-reactive ketones (excluding diaryl/α,β-unsaturated/α-hetero) is 1. The van der Waals surface area contributed by atoms with E-state index in [0.29, 0.717) is 0 Å². The van der Waals surface area contributed by atoms with Gasteiger partial charge in [-0.1, -0.05) is 24.3 Å². The highest BCUT2D eigenvalue weighted by Gasteiger charge is 2.36. The van der Waals surface area contributed by atoms with Gasteiger partial charge in [-0.25, -0.2) is 0 Å². The van der Waals surface area contributed by atoms with Crippen LogP contribution in [0.25, 0.3) is 0 Å². The maximum atomic E-state index is 12.0. The summed E-state index contributed by atoms with van der Waals surface area (Å²) in [7, 11) is 0. The number of para-hydroxylation sites is 1. The average molecular weight is 198 g/mol. The molecule has 0 spiro atoms. The molecule has 2 aliphatic rings. The molecule has 1 heterocycles. The van der Waals surface area contributed by atoms with Crippen molar-refractivity contribution in [2.75, 3.05) is 0 Å². The molecule has 0 saturated heterocycles. The fraction of sp³-hybridized carbons (Fsp3) is 0.154. The lowest BCUT2D eigenvalue weighted by molar-refractivity contribution is -0.116. The van der Waals surface area contributed by atoms with E-state index in [1.54, 1.807) is 0 Å². The number of allylic oxidation sites excluding steroid dienone is 4. The maximum Gasteiger partial charge on any atom is 0.173 e. The molecule has 1 aromatic rings. The van der Waals surface area contributed by atoms with Gasteiger partial charge in [-0.05, 0) is 24.6 Å². The molecule has 0 amide bonds. The van der Waals surface area contributed by atoms with E-state index < -0.39 is 0 Å². The third-order valence-electron chi connectivity index (χ3n) is 2.89. The van der Waals surface area contributed by atoms with Gasteiger partial charge in [0.1, 0.15) is 17.4 Å². The van der Waals surface area contributed by atoms with Crippen LogP contribution in [0.1, 0.15) is 18.4 Å². The summed E-state index contributed by atoms with van der Waals surface area (Å²) in [5, 5.41) is 0. The molecule has 1 atom stereocenters. The molecule has 15 heavy (non-hydrogen) atoms. The van der Waals surface area contributed by atoms with Crippen molar-refractivity contribution in [3.05, 3.63) is 53.3 Å². The number of benzene rings is 1. The normalized spacial score (nSPS) is 22.5. The van der Waals surface area contributed by atoms with Crippen molar-refractivity contribution in [1.29, 1.82) is 0 Å². The Hall–Kier alpha value is -1.83. The maximum absolute atomic E-state index is 12.0. The van der Waals surface area contributed by atoms with E-state index in [9.17, 15) is 4.79 Å². The van der Waals surface area contributed by atoms with Gasteiger partial charge in [0, 0.05) is 5.56 Å². The summed E-state index contributed by atoms with van der Waals surface area (Å²) >= 11 is 0. The Kier molecular flexibility index (Phi) is 1.60. The molecule has 0 bridgehead atoms. The predicted octanol–water partition coefficient (Wildman–Crippen LogP) is 2.58. The van der Waals surface area contributed by atoms with Gasteiger partial charge in [0.05, 0.1) is 0 Å². The van der Waals surface area contributed by atoms with Gasteiger partial charge in [0.15, 0.2) is 5.78 Å². The molecule has 0 radical (unpaired) electrons. The molecule has 0 fully saturated rings. The molecule has 74 valence electrons. The highest BCUT2D eigenvalue weighted by molar-refractivity contribution is 6.04. The van der Waals surface area contributed by atoms with Crippen LogP contribution in [0.5, 0.6) is 5.75 Å². The molecule has 3 rings (SSSR count). The van der Waals surface area contributed by atoms with Gasteiger partial charge in [-0.15, -0.1) is 0 Å². The predicted molar refractivity (Wildman–Crippen MR) is 56.7 cm³/mol. The Morgan fingerprint density at radius 3 is 2.87 bits per heavy atom. The molecule has 1 aliphatic carbocycles. The van der Waals surface area contributed by atoms with E-state index in [4.69, 9.17) is 4.74 Å². The zero-order valence-corrected chi connectivity index (χ0v) is 8.36. The van der Waals surface area contributed by atoms with E-state index in [1.165, 1.54) is 0 Å². The first-order valence-electron chi connectivity index (χ1n) is 4.97. The average Bonchev–Trinajstić information content (AvgIpc) is 2.62. The summed E-state index contributed by atoms with van der Waals surface area (Å²) in [4.78, 5) is 12.0. The van der Waals surface area contributed by atoms with Gasteiger partial charge >= 0.3 is 0 Å². The van der Waals surface area contributed by atoms with Crippen LogP contribution < -0.4 is 4.74 Å². The summed E-state index contributed by atoms with van der Waals surface area (Å²) in [5.41, 5.74) is 1.78. The third kappa shape index (κ3) is 1.08. The Balaban J connectivity index is 2.18. The minimum atomic E-state index is -0.203. The standard InChI is InChI=1S/C13H10O2/c1-8-6-7-11-12(13(8)14)9-4-2-3-5-10(9)15-11/h2-7,12H,1H3. The zero-order valence-electron chi connectivity index (χ0n) is 8.36. The van der Waals surface area contributed by atoms with Crippen LogP contribution in [-0.2, 0) is 4.79 Å². The van der Waals surface area contributed by atoms with Crippen LogP contribution in [0.3, 0.4) is 0 Å². The smallest absolute Gasteiger partial charge is 0.173 e. The minimum Gasteiger partial charge on any atom is -0.460 e. The summed E-state index contributed by atoms with van der Waals surface area (Å²) in [6, 6.07) is 7.71. The minimum absolute atomic E-state index is 0.150. The second-order valence-electron chi connectivity index (χ2n) is 3.86. The molecule has 2 nitrogen and oxygen atoms in total. The first-order chi connectivity index (χ1) is 7.27. The summed E-state index contributed by atoms with van der Waals surface area (Å²) in [6.45, 7) is 1.84. The van der Waals surface area contributed by atoms with E-state index >= 15 is 0 Å². The number of hydrogen-bond acceptors (Lipinski definition) is 2. The highest BCUT2D eigenvalue weighted by Crippen LogP contribution is 2.43. The lowest BCUT2D eigenvalue weighted by Gasteiger charge is -2.13. The fourth-order valence-corrected chi connectivity index (χ4v) is 2.07. The molecule has 0 saturated carbocycles. The Bertz CT molecular complexity index is 509. The molecule has 2 heteroatoms. The largest absolute Gasteiger partial charge is 0.460 e. The van der Waals surface area contributed by atoms with E-state index in [2.05, 4.69) is 0 Å². The first-order valence-corrected chi connectivity index (χ1v) is 4.97. The van der Waals surface area contributed by atoms with Crippen LogP contribution in [0.4, 0.5) is 0 Å². The summed E-state index contributed by atoms with van der Waals surface area (Å²) < 4.78 is 5.63. The molecule has 0 N–H and O–H groups in total. The second-order valence-corrected chi connectivity index (χ2v) is 3.86. The van der Waals surface area contributed by atoms with Gasteiger partial charge < -0.3 is 4.74 Å². The van der Waals surface area contributed by atoms with Crippen molar-refractivity contribution < 1.29 is 9.53 Å². The van der Waals surface area contributed by atoms with E-state index in [0.717, 1.165) is 22.6 Å². The number of rotatable bonds is 0.